The maximum absolute atomic E-state index is 11.6. The fraction of sp³-hybridized carbons (Fsp3) is 0.500. The van der Waals surface area contributed by atoms with Gasteiger partial charge in [-0.1, -0.05) is 0 Å². The van der Waals surface area contributed by atoms with E-state index in [9.17, 15) is 24.0 Å². The highest BCUT2D eigenvalue weighted by molar-refractivity contribution is 6.38. The van der Waals surface area contributed by atoms with Crippen molar-refractivity contribution in [2.75, 3.05) is 26.2 Å². The summed E-state index contributed by atoms with van der Waals surface area (Å²) in [5, 5.41) is 2.10. The van der Waals surface area contributed by atoms with Gasteiger partial charge in [-0.15, -0.1) is 0 Å². The molecule has 1 saturated heterocycles. The quantitative estimate of drug-likeness (QED) is 0.469. The first kappa shape index (κ1) is 13.8. The number of aldehydes is 1. The molecule has 1 heterocycles. The first-order valence-electron chi connectivity index (χ1n) is 5.37. The number of hydrogen-bond acceptors (Lipinski definition) is 5. The van der Waals surface area contributed by atoms with Crippen LogP contribution in [0.5, 0.6) is 0 Å². The molecule has 0 saturated carbocycles. The van der Waals surface area contributed by atoms with Crippen molar-refractivity contribution in [3.63, 3.8) is 0 Å². The first-order valence-corrected chi connectivity index (χ1v) is 5.37. The van der Waals surface area contributed by atoms with Crippen molar-refractivity contribution in [2.45, 2.75) is 6.92 Å². The number of carbonyl (C=O) groups is 5. The fourth-order valence-corrected chi connectivity index (χ4v) is 1.47. The molecule has 1 aliphatic rings. The molecule has 0 aromatic rings. The van der Waals surface area contributed by atoms with E-state index in [1.165, 1.54) is 4.90 Å². The highest BCUT2D eigenvalue weighted by atomic mass is 16.2. The van der Waals surface area contributed by atoms with Crippen molar-refractivity contribution in [2.24, 2.45) is 0 Å². The molecule has 0 aromatic carbocycles. The van der Waals surface area contributed by atoms with Gasteiger partial charge in [0.1, 0.15) is 0 Å². The van der Waals surface area contributed by atoms with Crippen molar-refractivity contribution < 1.29 is 24.0 Å². The second-order valence-corrected chi connectivity index (χ2v) is 3.58. The lowest BCUT2D eigenvalue weighted by atomic mass is 10.3. The third kappa shape index (κ3) is 2.90. The highest BCUT2D eigenvalue weighted by Gasteiger charge is 2.35. The molecule has 0 radical (unpaired) electrons. The number of likely N-dealkylation sites (N-methyl/N-ethyl adjacent to an activating group) is 1. The number of urea groups is 1. The summed E-state index contributed by atoms with van der Waals surface area (Å²) in [6, 6.07) is -0.848. The number of nitrogens with one attached hydrogen (secondary N) is 1. The van der Waals surface area contributed by atoms with Crippen molar-refractivity contribution >= 4 is 29.9 Å². The van der Waals surface area contributed by atoms with Crippen molar-refractivity contribution in [1.29, 1.82) is 0 Å². The van der Waals surface area contributed by atoms with Crippen molar-refractivity contribution in [3.05, 3.63) is 0 Å². The van der Waals surface area contributed by atoms with Crippen molar-refractivity contribution in [1.82, 2.24) is 15.1 Å². The molecule has 0 aliphatic carbocycles. The number of Topliss-reactive ketones (excluding diaryl/α,β-unsaturated/α-hetero) is 1. The molecule has 18 heavy (non-hydrogen) atoms. The van der Waals surface area contributed by atoms with Crippen LogP contribution in [0.15, 0.2) is 0 Å². The Labute approximate surface area is 103 Å². The Kier molecular flexibility index (Phi) is 4.52. The smallest absolute Gasteiger partial charge is 0.324 e. The first-order chi connectivity index (χ1) is 8.51. The molecule has 98 valence electrons. The molecular weight excluding hydrogens is 242 g/mol. The Morgan fingerprint density at radius 2 is 1.94 bits per heavy atom. The zero-order valence-electron chi connectivity index (χ0n) is 9.84. The van der Waals surface area contributed by atoms with Gasteiger partial charge in [-0.2, -0.15) is 0 Å². The van der Waals surface area contributed by atoms with Crippen LogP contribution in [0.3, 0.4) is 0 Å². The predicted molar refractivity (Wildman–Crippen MR) is 58.4 cm³/mol. The van der Waals surface area contributed by atoms with Crippen LogP contribution >= 0.6 is 0 Å². The number of amides is 4. The van der Waals surface area contributed by atoms with E-state index in [1.54, 1.807) is 6.92 Å². The van der Waals surface area contributed by atoms with E-state index >= 15 is 0 Å². The summed E-state index contributed by atoms with van der Waals surface area (Å²) in [7, 11) is 0. The number of rotatable bonds is 4. The summed E-state index contributed by atoms with van der Waals surface area (Å²) < 4.78 is 0. The summed E-state index contributed by atoms with van der Waals surface area (Å²) >= 11 is 0. The minimum absolute atomic E-state index is 0.0690. The summed E-state index contributed by atoms with van der Waals surface area (Å²) in [5.41, 5.74) is 0. The lowest BCUT2D eigenvalue weighted by molar-refractivity contribution is -0.153. The lowest BCUT2D eigenvalue weighted by Gasteiger charge is -2.31. The Morgan fingerprint density at radius 3 is 2.50 bits per heavy atom. The summed E-state index contributed by atoms with van der Waals surface area (Å²) in [6.45, 7) is 1.96. The normalized spacial score (nSPS) is 15.6. The number of nitrogens with zero attached hydrogens (tertiary/aromatic N) is 2. The van der Waals surface area contributed by atoms with Gasteiger partial charge in [-0.05, 0) is 6.92 Å². The molecule has 0 spiro atoms. The van der Waals surface area contributed by atoms with Crippen LogP contribution in [-0.4, -0.2) is 65.9 Å². The van der Waals surface area contributed by atoms with Gasteiger partial charge in [-0.25, -0.2) is 4.79 Å². The summed E-state index contributed by atoms with van der Waals surface area (Å²) in [5.74, 6) is -2.49. The molecule has 0 unspecified atom stereocenters. The van der Waals surface area contributed by atoms with Crippen LogP contribution in [0.25, 0.3) is 0 Å². The molecule has 4 amide bonds. The second kappa shape index (κ2) is 5.89. The zero-order valence-corrected chi connectivity index (χ0v) is 9.84. The van der Waals surface area contributed by atoms with Gasteiger partial charge < -0.3 is 10.2 Å². The third-order valence-corrected chi connectivity index (χ3v) is 2.48. The summed E-state index contributed by atoms with van der Waals surface area (Å²) in [6.07, 6.45) is 0.0717. The number of piperazine rings is 1. The van der Waals surface area contributed by atoms with E-state index in [2.05, 4.69) is 5.32 Å². The number of hydrogen-bond donors (Lipinski definition) is 1. The van der Waals surface area contributed by atoms with E-state index in [4.69, 9.17) is 0 Å². The number of imide groups is 1. The van der Waals surface area contributed by atoms with Gasteiger partial charge in [0, 0.05) is 19.6 Å². The van der Waals surface area contributed by atoms with Crippen LogP contribution in [0, 0.1) is 0 Å². The average molecular weight is 255 g/mol. The van der Waals surface area contributed by atoms with E-state index in [0.717, 1.165) is 4.90 Å². The standard InChI is InChI=1S/C10H13N3O5/c1-2-12-3-4-13(9(17)8(12)16)10(18)11-5-7(15)6-14/h6H,2-5H2,1H3,(H,11,18). The van der Waals surface area contributed by atoms with Crippen LogP contribution in [0.4, 0.5) is 4.79 Å². The van der Waals surface area contributed by atoms with E-state index in [-0.39, 0.29) is 19.4 Å². The maximum Gasteiger partial charge on any atom is 0.324 e. The molecular formula is C10H13N3O5. The van der Waals surface area contributed by atoms with Crippen LogP contribution < -0.4 is 5.32 Å². The second-order valence-electron chi connectivity index (χ2n) is 3.58. The van der Waals surface area contributed by atoms with Gasteiger partial charge in [0.2, 0.25) is 5.78 Å². The third-order valence-electron chi connectivity index (χ3n) is 2.48. The molecule has 1 rings (SSSR count). The zero-order chi connectivity index (χ0) is 13.7. The molecule has 0 aromatic heterocycles. The van der Waals surface area contributed by atoms with Gasteiger partial charge in [0.05, 0.1) is 6.54 Å². The Balaban J connectivity index is 2.60. The van der Waals surface area contributed by atoms with E-state index < -0.39 is 30.2 Å². The maximum atomic E-state index is 11.6. The minimum Gasteiger partial charge on any atom is -0.333 e. The van der Waals surface area contributed by atoms with Crippen molar-refractivity contribution in [3.8, 4) is 0 Å². The topological polar surface area (TPSA) is 104 Å². The predicted octanol–water partition coefficient (Wildman–Crippen LogP) is -1.85. The van der Waals surface area contributed by atoms with Crippen LogP contribution in [0.1, 0.15) is 6.92 Å². The van der Waals surface area contributed by atoms with Gasteiger partial charge in [0.15, 0.2) is 6.29 Å². The largest absolute Gasteiger partial charge is 0.333 e. The Bertz CT molecular complexity index is 406. The lowest BCUT2D eigenvalue weighted by Crippen LogP contribution is -2.58. The summed E-state index contributed by atoms with van der Waals surface area (Å²) in [4.78, 5) is 57.4. The Morgan fingerprint density at radius 1 is 1.28 bits per heavy atom. The molecule has 0 bridgehead atoms. The SMILES string of the molecule is CCN1CCN(C(=O)NCC(=O)C=O)C(=O)C1=O. The van der Waals surface area contributed by atoms with E-state index in [0.29, 0.717) is 6.54 Å². The molecule has 1 fully saturated rings. The molecule has 8 heteroatoms. The number of ketones is 1. The molecule has 1 N–H and O–H groups in total. The fourth-order valence-electron chi connectivity index (χ4n) is 1.47. The van der Waals surface area contributed by atoms with E-state index in [1.807, 2.05) is 0 Å². The van der Waals surface area contributed by atoms with Crippen LogP contribution in [-0.2, 0) is 19.2 Å². The van der Waals surface area contributed by atoms with Gasteiger partial charge in [0.25, 0.3) is 0 Å². The minimum atomic E-state index is -0.931. The molecule has 1 aliphatic heterocycles. The highest BCUT2D eigenvalue weighted by Crippen LogP contribution is 2.04. The average Bonchev–Trinajstić information content (AvgIpc) is 2.38. The monoisotopic (exact) mass is 255 g/mol. The van der Waals surface area contributed by atoms with Gasteiger partial charge in [-0.3, -0.25) is 24.1 Å². The molecule has 8 nitrogen and oxygen atoms in total. The number of carbonyl (C=O) groups excluding carboxylic acids is 5. The Hall–Kier alpha value is -2.25. The molecule has 0 atom stereocenters. The van der Waals surface area contributed by atoms with Crippen LogP contribution in [0.2, 0.25) is 0 Å². The van der Waals surface area contributed by atoms with Gasteiger partial charge >= 0.3 is 17.8 Å².